The molecule has 152 valence electrons. The Balaban J connectivity index is 2.53. The molecule has 1 N–H and O–H groups in total. The third-order valence-corrected chi connectivity index (χ3v) is 4.20. The average molecular weight is 419 g/mol. The van der Waals surface area contributed by atoms with Gasteiger partial charge in [0.25, 0.3) is 0 Å². The molecule has 1 aromatic carbocycles. The summed E-state index contributed by atoms with van der Waals surface area (Å²) in [6, 6.07) is 6.52. The molecule has 0 aliphatic heterocycles. The first-order valence-corrected chi connectivity index (χ1v) is 9.80. The second-order valence-corrected chi connectivity index (χ2v) is 6.85. The summed E-state index contributed by atoms with van der Waals surface area (Å²) in [6.45, 7) is 3.04. The number of aromatic nitrogens is 2. The highest BCUT2D eigenvalue weighted by molar-refractivity contribution is 7.90. The van der Waals surface area contributed by atoms with E-state index in [1.54, 1.807) is 26.0 Å². The zero-order chi connectivity index (χ0) is 21.6. The molecule has 0 spiro atoms. The number of aryl methyl sites for hydroxylation is 1. The summed E-state index contributed by atoms with van der Waals surface area (Å²) >= 11 is -1.69. The fourth-order valence-corrected chi connectivity index (χ4v) is 2.59. The number of nitro groups is 1. The molecule has 0 aliphatic carbocycles. The van der Waals surface area contributed by atoms with Gasteiger partial charge in [-0.1, -0.05) is 6.07 Å². The van der Waals surface area contributed by atoms with Crippen molar-refractivity contribution in [2.75, 3.05) is 24.7 Å². The predicted octanol–water partition coefficient (Wildman–Crippen LogP) is 2.07. The van der Waals surface area contributed by atoms with E-state index in [2.05, 4.69) is 15.3 Å². The topological polar surface area (TPSA) is 163 Å². The lowest BCUT2D eigenvalue weighted by Gasteiger charge is -2.12. The van der Waals surface area contributed by atoms with Crippen molar-refractivity contribution in [3.8, 4) is 17.7 Å². The number of nitrogens with one attached hydrogen (secondary N) is 1. The van der Waals surface area contributed by atoms with Gasteiger partial charge in [0.1, 0.15) is 18.6 Å². The summed E-state index contributed by atoms with van der Waals surface area (Å²) in [5.41, 5.74) is 0.227. The number of benzene rings is 1. The van der Waals surface area contributed by atoms with Crippen LogP contribution in [0.1, 0.15) is 18.1 Å². The van der Waals surface area contributed by atoms with Crippen molar-refractivity contribution in [2.45, 2.75) is 19.0 Å². The number of rotatable bonds is 8. The quantitative estimate of drug-likeness (QED) is 0.220. The van der Waals surface area contributed by atoms with E-state index >= 15 is 0 Å². The van der Waals surface area contributed by atoms with Crippen molar-refractivity contribution in [3.63, 3.8) is 0 Å². The second kappa shape index (κ2) is 9.67. The smallest absolute Gasteiger partial charge is 0.373 e. The molecule has 2 aromatic rings. The molecule has 0 aliphatic rings. The molecule has 0 saturated heterocycles. The zero-order valence-electron chi connectivity index (χ0n) is 15.8. The third kappa shape index (κ3) is 5.53. The van der Waals surface area contributed by atoms with E-state index in [0.29, 0.717) is 5.56 Å². The van der Waals surface area contributed by atoms with Crippen LogP contribution >= 0.6 is 0 Å². The largest absolute Gasteiger partial charge is 0.609 e. The van der Waals surface area contributed by atoms with E-state index in [-0.39, 0.29) is 28.9 Å². The fraction of sp³-hybridized carbons (Fsp3) is 0.294. The molecular formula is C17H17N5O6S. The summed E-state index contributed by atoms with van der Waals surface area (Å²) in [5, 5.41) is 23.0. The molecule has 12 heteroatoms. The Morgan fingerprint density at radius 2 is 2.14 bits per heavy atom. The number of nitrogens with zero attached hydrogens (tertiary/aromatic N) is 4. The van der Waals surface area contributed by atoms with Crippen LogP contribution < -0.4 is 10.1 Å². The van der Waals surface area contributed by atoms with Gasteiger partial charge in [0.2, 0.25) is 5.82 Å². The van der Waals surface area contributed by atoms with Crippen molar-refractivity contribution in [1.29, 1.82) is 5.26 Å². The van der Waals surface area contributed by atoms with Gasteiger partial charge in [0, 0.05) is 11.2 Å². The molecule has 1 heterocycles. The molecule has 0 saturated carbocycles. The maximum atomic E-state index is 11.9. The Kier molecular flexibility index (Phi) is 7.29. The molecule has 0 amide bonds. The third-order valence-electron chi connectivity index (χ3n) is 3.50. The lowest BCUT2D eigenvalue weighted by atomic mass is 10.1. The van der Waals surface area contributed by atoms with Crippen LogP contribution in [0.2, 0.25) is 0 Å². The van der Waals surface area contributed by atoms with E-state index in [1.165, 1.54) is 12.3 Å². The van der Waals surface area contributed by atoms with Crippen molar-refractivity contribution in [1.82, 2.24) is 9.97 Å². The summed E-state index contributed by atoms with van der Waals surface area (Å²) in [6.07, 6.45) is 1.29. The lowest BCUT2D eigenvalue weighted by molar-refractivity contribution is -0.385. The summed E-state index contributed by atoms with van der Waals surface area (Å²) in [5.74, 6) is -1.30. The molecule has 11 nitrogen and oxygen atoms in total. The fourth-order valence-electron chi connectivity index (χ4n) is 2.15. The van der Waals surface area contributed by atoms with Gasteiger partial charge >= 0.3 is 22.7 Å². The Labute approximate surface area is 169 Å². The number of anilines is 1. The number of hydrogen-bond donors (Lipinski definition) is 1. The molecular weight excluding hydrogens is 402 g/mol. The normalized spacial score (nSPS) is 11.3. The highest BCUT2D eigenvalue weighted by atomic mass is 32.2. The summed E-state index contributed by atoms with van der Waals surface area (Å²) < 4.78 is 22.3. The monoisotopic (exact) mass is 419 g/mol. The summed E-state index contributed by atoms with van der Waals surface area (Å²) in [7, 11) is 0. The van der Waals surface area contributed by atoms with Crippen molar-refractivity contribution in [2.24, 2.45) is 0 Å². The first kappa shape index (κ1) is 21.9. The first-order valence-electron chi connectivity index (χ1n) is 8.24. The van der Waals surface area contributed by atoms with Gasteiger partial charge in [-0.25, -0.2) is 0 Å². The number of carbonyl (C=O) groups excluding carboxylic acids is 1. The standard InChI is InChI=1S/C17H17N5O6S/c1-4-27-13(23)9-19-15-14(22(24)25)16(21-17(20-15)29(3)26)28-12-7-11(8-18)6-5-10(12)2/h5-7H,4,9H2,1-3H3,(H,19,20,21). The number of nitriles is 1. The van der Waals surface area contributed by atoms with E-state index in [4.69, 9.17) is 14.7 Å². The molecule has 0 radical (unpaired) electrons. The highest BCUT2D eigenvalue weighted by Gasteiger charge is 2.30. The van der Waals surface area contributed by atoms with Crippen LogP contribution in [0.3, 0.4) is 0 Å². The van der Waals surface area contributed by atoms with Crippen LogP contribution in [-0.4, -0.2) is 44.8 Å². The minimum absolute atomic E-state index is 0.138. The second-order valence-electron chi connectivity index (χ2n) is 5.57. The van der Waals surface area contributed by atoms with Crippen molar-refractivity contribution >= 4 is 28.7 Å². The average Bonchev–Trinajstić information content (AvgIpc) is 2.67. The van der Waals surface area contributed by atoms with Crippen LogP contribution in [0.5, 0.6) is 11.6 Å². The molecule has 29 heavy (non-hydrogen) atoms. The van der Waals surface area contributed by atoms with Crippen LogP contribution in [0, 0.1) is 28.4 Å². The van der Waals surface area contributed by atoms with Gasteiger partial charge in [-0.3, -0.25) is 14.9 Å². The van der Waals surface area contributed by atoms with E-state index in [0.717, 1.165) is 0 Å². The van der Waals surface area contributed by atoms with Gasteiger partial charge in [-0.2, -0.15) is 10.2 Å². The van der Waals surface area contributed by atoms with E-state index < -0.39 is 40.2 Å². The molecule has 0 fully saturated rings. The minimum atomic E-state index is -1.69. The molecule has 2 rings (SSSR count). The Hall–Kier alpha value is -3.43. The Morgan fingerprint density at radius 1 is 1.41 bits per heavy atom. The van der Waals surface area contributed by atoms with E-state index in [9.17, 15) is 19.5 Å². The number of carbonyl (C=O) groups is 1. The van der Waals surface area contributed by atoms with Crippen LogP contribution in [0.15, 0.2) is 23.4 Å². The first-order chi connectivity index (χ1) is 13.8. The Morgan fingerprint density at radius 3 is 2.72 bits per heavy atom. The number of ether oxygens (including phenoxy) is 2. The van der Waals surface area contributed by atoms with Gasteiger partial charge in [-0.05, 0) is 31.5 Å². The molecule has 1 atom stereocenters. The van der Waals surface area contributed by atoms with Crippen LogP contribution in [-0.2, 0) is 20.7 Å². The molecule has 0 bridgehead atoms. The van der Waals surface area contributed by atoms with Crippen molar-refractivity contribution in [3.05, 3.63) is 39.4 Å². The maximum absolute atomic E-state index is 11.9. The van der Waals surface area contributed by atoms with Gasteiger partial charge in [-0.15, -0.1) is 4.98 Å². The maximum Gasteiger partial charge on any atom is 0.373 e. The number of hydrogen-bond acceptors (Lipinski definition) is 10. The minimum Gasteiger partial charge on any atom is -0.609 e. The highest BCUT2D eigenvalue weighted by Crippen LogP contribution is 2.36. The van der Waals surface area contributed by atoms with E-state index in [1.807, 2.05) is 6.07 Å². The van der Waals surface area contributed by atoms with Gasteiger partial charge < -0.3 is 19.3 Å². The van der Waals surface area contributed by atoms with Crippen molar-refractivity contribution < 1.29 is 23.7 Å². The van der Waals surface area contributed by atoms with Crippen LogP contribution in [0.4, 0.5) is 11.5 Å². The Bertz CT molecular complexity index is 976. The zero-order valence-corrected chi connectivity index (χ0v) is 16.6. The molecule has 1 aromatic heterocycles. The van der Waals surface area contributed by atoms with Gasteiger partial charge in [0.05, 0.1) is 23.2 Å². The predicted molar refractivity (Wildman–Crippen MR) is 102 cm³/mol. The SMILES string of the molecule is CCOC(=O)CNc1nc([S+](C)[O-])nc(Oc2cc(C#N)ccc2C)c1[N+](=O)[O-]. The molecule has 1 unspecified atom stereocenters. The summed E-state index contributed by atoms with van der Waals surface area (Å²) in [4.78, 5) is 30.2. The van der Waals surface area contributed by atoms with Crippen LogP contribution in [0.25, 0.3) is 0 Å². The number of esters is 1. The lowest BCUT2D eigenvalue weighted by Crippen LogP contribution is -2.19. The van der Waals surface area contributed by atoms with Gasteiger partial charge in [0.15, 0.2) is 0 Å².